The van der Waals surface area contributed by atoms with Crippen molar-refractivity contribution >= 4 is 35.0 Å². The average Bonchev–Trinajstić information content (AvgIpc) is 3.71. The summed E-state index contributed by atoms with van der Waals surface area (Å²) in [7, 11) is 0. The highest BCUT2D eigenvalue weighted by molar-refractivity contribution is 6.26. The lowest BCUT2D eigenvalue weighted by atomic mass is 9.84. The third-order valence-electron chi connectivity index (χ3n) is 9.32. The van der Waals surface area contributed by atoms with Gasteiger partial charge in [0.25, 0.3) is 11.8 Å². The monoisotopic (exact) mass is 626 g/mol. The number of benzene rings is 4. The Morgan fingerprint density at radius 2 is 0.652 bits per heavy atom. The Balaban J connectivity index is 1.32. The van der Waals surface area contributed by atoms with Crippen LogP contribution in [-0.2, 0) is 19.2 Å². The third-order valence-corrected chi connectivity index (χ3v) is 9.32. The van der Waals surface area contributed by atoms with Gasteiger partial charge in [-0.05, 0) is 83.9 Å². The Kier molecular flexibility index (Phi) is 6.25. The smallest absolute Gasteiger partial charge is 0.253 e. The van der Waals surface area contributed by atoms with Crippen molar-refractivity contribution in [3.63, 3.8) is 0 Å². The average molecular weight is 627 g/mol. The zero-order valence-corrected chi connectivity index (χ0v) is 23.6. The van der Waals surface area contributed by atoms with Crippen molar-refractivity contribution in [3.8, 4) is 0 Å². The number of rotatable bonds is 4. The molecule has 8 nitrogen and oxygen atoms in total. The minimum absolute atomic E-state index is 0.141. The van der Waals surface area contributed by atoms with Crippen molar-refractivity contribution < 1.29 is 36.7 Å². The molecule has 230 valence electrons. The van der Waals surface area contributed by atoms with Crippen LogP contribution in [0.25, 0.3) is 0 Å². The van der Waals surface area contributed by atoms with E-state index >= 15 is 0 Å². The van der Waals surface area contributed by atoms with Crippen LogP contribution < -0.4 is 9.80 Å². The molecule has 6 atom stereocenters. The van der Waals surface area contributed by atoms with Gasteiger partial charge in [-0.25, -0.2) is 37.4 Å². The van der Waals surface area contributed by atoms with Gasteiger partial charge in [-0.3, -0.25) is 19.2 Å². The highest BCUT2D eigenvalue weighted by Crippen LogP contribution is 2.59. The summed E-state index contributed by atoms with van der Waals surface area (Å²) in [6.07, 6.45) is 0. The standard InChI is InChI=1S/C34H22F4N4O4/c35-19-5-1-17(2-6-19)27-25-29(33(45)39(31(25)43)23-13-9-21(37)10-14-23)42-28(18-3-7-20(36)8-4-18)26-30(41(27)42)34(46)40(32(26)44)24-15-11-22(38)12-16-24/h1-16,25-30H. The molecule has 4 amide bonds. The molecule has 0 aliphatic carbocycles. The van der Waals surface area contributed by atoms with Crippen LogP contribution in [0.2, 0.25) is 0 Å². The molecule has 4 aromatic carbocycles. The Labute approximate surface area is 259 Å². The topological polar surface area (TPSA) is 81.2 Å². The number of amides is 4. The second kappa shape index (κ2) is 10.2. The first-order valence-corrected chi connectivity index (χ1v) is 14.5. The van der Waals surface area contributed by atoms with Gasteiger partial charge >= 0.3 is 0 Å². The maximum absolute atomic E-state index is 14.3. The number of fused-ring (bicyclic) bond motifs is 5. The quantitative estimate of drug-likeness (QED) is 0.242. The van der Waals surface area contributed by atoms with Gasteiger partial charge < -0.3 is 0 Å². The Hall–Kier alpha value is -5.20. The van der Waals surface area contributed by atoms with E-state index in [-0.39, 0.29) is 11.4 Å². The summed E-state index contributed by atoms with van der Waals surface area (Å²) in [5.74, 6) is -7.00. The van der Waals surface area contributed by atoms with Crippen molar-refractivity contribution in [1.82, 2.24) is 10.0 Å². The number of imide groups is 2. The molecule has 4 aliphatic heterocycles. The highest BCUT2D eigenvalue weighted by atomic mass is 19.1. The lowest BCUT2D eigenvalue weighted by Crippen LogP contribution is -2.50. The van der Waals surface area contributed by atoms with Gasteiger partial charge in [0.1, 0.15) is 35.4 Å². The van der Waals surface area contributed by atoms with E-state index in [4.69, 9.17) is 0 Å². The van der Waals surface area contributed by atoms with Gasteiger partial charge in [0.15, 0.2) is 0 Å². The zero-order valence-electron chi connectivity index (χ0n) is 23.6. The summed E-state index contributed by atoms with van der Waals surface area (Å²) in [6, 6.07) is 15.9. The first-order chi connectivity index (χ1) is 22.2. The van der Waals surface area contributed by atoms with Crippen molar-refractivity contribution in [3.05, 3.63) is 131 Å². The van der Waals surface area contributed by atoms with Gasteiger partial charge in [-0.15, -0.1) is 0 Å². The summed E-state index contributed by atoms with van der Waals surface area (Å²) in [5.41, 5.74) is 1.12. The minimum atomic E-state index is -1.21. The van der Waals surface area contributed by atoms with Crippen LogP contribution in [0.3, 0.4) is 0 Å². The van der Waals surface area contributed by atoms with Crippen molar-refractivity contribution in [2.75, 3.05) is 9.80 Å². The van der Waals surface area contributed by atoms with Gasteiger partial charge in [-0.1, -0.05) is 24.3 Å². The molecule has 4 saturated heterocycles. The summed E-state index contributed by atoms with van der Waals surface area (Å²) in [4.78, 5) is 59.0. The molecule has 4 aromatic rings. The number of carbonyl (C=O) groups is 4. The summed E-state index contributed by atoms with van der Waals surface area (Å²) in [5, 5.41) is 3.14. The number of hydrazine groups is 1. The summed E-state index contributed by atoms with van der Waals surface area (Å²) >= 11 is 0. The molecule has 0 N–H and O–H groups in total. The van der Waals surface area contributed by atoms with E-state index < -0.39 is 82.9 Å². The largest absolute Gasteiger partial charge is 0.274 e. The zero-order chi connectivity index (χ0) is 32.0. The van der Waals surface area contributed by atoms with Gasteiger partial charge in [0.2, 0.25) is 11.8 Å². The molecule has 0 spiro atoms. The first-order valence-electron chi connectivity index (χ1n) is 14.5. The molecule has 0 radical (unpaired) electrons. The van der Waals surface area contributed by atoms with Crippen LogP contribution in [0.15, 0.2) is 97.1 Å². The molecule has 0 saturated carbocycles. The Morgan fingerprint density at radius 3 is 0.957 bits per heavy atom. The number of hydrogen-bond donors (Lipinski definition) is 0. The van der Waals surface area contributed by atoms with Gasteiger partial charge in [0.05, 0.1) is 35.3 Å². The molecule has 46 heavy (non-hydrogen) atoms. The lowest BCUT2D eigenvalue weighted by molar-refractivity contribution is -0.136. The van der Waals surface area contributed by atoms with Crippen LogP contribution in [-0.4, -0.2) is 45.7 Å². The normalized spacial score (nSPS) is 27.5. The molecule has 4 aliphatic rings. The lowest BCUT2D eigenvalue weighted by Gasteiger charge is -2.35. The number of nitrogens with zero attached hydrogens (tertiary/aromatic N) is 4. The fourth-order valence-electron chi connectivity index (χ4n) is 7.51. The first kappa shape index (κ1) is 28.3. The van der Waals surface area contributed by atoms with Crippen LogP contribution in [0.1, 0.15) is 23.2 Å². The highest BCUT2D eigenvalue weighted by Gasteiger charge is 2.73. The Bertz CT molecular complexity index is 1780. The van der Waals surface area contributed by atoms with E-state index in [1.54, 1.807) is 10.0 Å². The SMILES string of the molecule is O=C1C2C(C(=O)N1c1ccc(F)cc1)N1C(c3ccc(F)cc3)C3C(=O)N(c4ccc(F)cc4)C(=O)C3N1C2c1ccc(F)cc1. The second-order valence-corrected chi connectivity index (χ2v) is 11.7. The van der Waals surface area contributed by atoms with E-state index in [0.29, 0.717) is 11.1 Å². The summed E-state index contributed by atoms with van der Waals surface area (Å²) in [6.45, 7) is 0. The minimum Gasteiger partial charge on any atom is -0.274 e. The van der Waals surface area contributed by atoms with E-state index in [0.717, 1.165) is 34.1 Å². The molecule has 4 fully saturated rings. The number of anilines is 2. The molecule has 0 aromatic heterocycles. The summed E-state index contributed by atoms with van der Waals surface area (Å²) < 4.78 is 55.8. The molecule has 6 unspecified atom stereocenters. The molecule has 4 heterocycles. The van der Waals surface area contributed by atoms with Crippen LogP contribution >= 0.6 is 0 Å². The maximum atomic E-state index is 14.3. The number of carbonyl (C=O) groups excluding carboxylic acids is 4. The second-order valence-electron chi connectivity index (χ2n) is 11.7. The predicted molar refractivity (Wildman–Crippen MR) is 154 cm³/mol. The number of halogens is 4. The molecular formula is C34H22F4N4O4. The van der Waals surface area contributed by atoms with Crippen molar-refractivity contribution in [2.24, 2.45) is 11.8 Å². The fourth-order valence-corrected chi connectivity index (χ4v) is 7.51. The van der Waals surface area contributed by atoms with Gasteiger partial charge in [0, 0.05) is 0 Å². The Morgan fingerprint density at radius 1 is 0.370 bits per heavy atom. The van der Waals surface area contributed by atoms with Crippen LogP contribution in [0.5, 0.6) is 0 Å². The van der Waals surface area contributed by atoms with Crippen LogP contribution in [0, 0.1) is 35.1 Å². The van der Waals surface area contributed by atoms with E-state index in [9.17, 15) is 36.7 Å². The maximum Gasteiger partial charge on any atom is 0.253 e. The molecule has 12 heteroatoms. The van der Waals surface area contributed by atoms with Gasteiger partial charge in [-0.2, -0.15) is 0 Å². The third kappa shape index (κ3) is 3.93. The van der Waals surface area contributed by atoms with E-state index in [2.05, 4.69) is 0 Å². The fraction of sp³-hybridized carbons (Fsp3) is 0.176. The van der Waals surface area contributed by atoms with E-state index in [1.807, 2.05) is 0 Å². The molecule has 0 bridgehead atoms. The van der Waals surface area contributed by atoms with Crippen LogP contribution in [0.4, 0.5) is 28.9 Å². The predicted octanol–water partition coefficient (Wildman–Crippen LogP) is 4.69. The van der Waals surface area contributed by atoms with Crippen molar-refractivity contribution in [2.45, 2.75) is 24.2 Å². The number of hydrogen-bond acceptors (Lipinski definition) is 6. The van der Waals surface area contributed by atoms with Crippen molar-refractivity contribution in [1.29, 1.82) is 0 Å². The molecule has 8 rings (SSSR count). The molecular weight excluding hydrogens is 604 g/mol. The van der Waals surface area contributed by atoms with E-state index in [1.165, 1.54) is 72.8 Å².